The molecule has 4 atom stereocenters. The van der Waals surface area contributed by atoms with E-state index in [4.69, 9.17) is 10.8 Å². The molecule has 3 rings (SSSR count). The average Bonchev–Trinajstić information content (AvgIpc) is 3.10. The first-order chi connectivity index (χ1) is 9.76. The lowest BCUT2D eigenvalue weighted by atomic mass is 9.84. The van der Waals surface area contributed by atoms with Crippen molar-refractivity contribution in [2.75, 3.05) is 0 Å². The normalized spacial score (nSPS) is 36.1. The molecule has 0 saturated heterocycles. The molecule has 0 heterocycles. The van der Waals surface area contributed by atoms with Crippen LogP contribution in [-0.4, -0.2) is 18.0 Å². The average molecular weight is 278 g/mol. The number of guanidine groups is 1. The van der Waals surface area contributed by atoms with Gasteiger partial charge in [-0.3, -0.25) is 5.43 Å². The van der Waals surface area contributed by atoms with Crippen LogP contribution in [0.15, 0.2) is 4.99 Å². The molecule has 0 radical (unpaired) electrons. The van der Waals surface area contributed by atoms with Gasteiger partial charge in [0.05, 0.1) is 6.04 Å². The van der Waals surface area contributed by atoms with Crippen molar-refractivity contribution in [1.29, 1.82) is 0 Å². The number of nitrogens with zero attached hydrogens (tertiary/aromatic N) is 1. The molecular formula is C16H30N4. The van der Waals surface area contributed by atoms with E-state index in [0.717, 1.165) is 23.7 Å². The van der Waals surface area contributed by atoms with Crippen LogP contribution in [0.1, 0.15) is 64.7 Å². The Morgan fingerprint density at radius 2 is 1.90 bits per heavy atom. The highest BCUT2D eigenvalue weighted by Gasteiger charge is 2.41. The van der Waals surface area contributed by atoms with Gasteiger partial charge >= 0.3 is 0 Å². The summed E-state index contributed by atoms with van der Waals surface area (Å²) in [5, 5.41) is 3.55. The standard InChI is InChI=1S/C16H30N4/c1-11(15-10-12-7-8-13(15)9-12)18-16(20-17)19-14-5-3-2-4-6-14/h11-15H,2-10,17H2,1H3,(H2,18,19,20). The second-order valence-electron chi connectivity index (χ2n) is 7.19. The van der Waals surface area contributed by atoms with E-state index in [-0.39, 0.29) is 0 Å². The molecule has 4 heteroatoms. The van der Waals surface area contributed by atoms with Gasteiger partial charge < -0.3 is 5.32 Å². The first-order valence-corrected chi connectivity index (χ1v) is 8.57. The van der Waals surface area contributed by atoms with Gasteiger partial charge in [-0.25, -0.2) is 10.8 Å². The minimum Gasteiger partial charge on any atom is -0.353 e. The smallest absolute Gasteiger partial charge is 0.206 e. The third kappa shape index (κ3) is 3.11. The number of rotatable bonds is 3. The van der Waals surface area contributed by atoms with E-state index < -0.39 is 0 Å². The van der Waals surface area contributed by atoms with Crippen molar-refractivity contribution < 1.29 is 0 Å². The lowest BCUT2D eigenvalue weighted by molar-refractivity contribution is 0.277. The van der Waals surface area contributed by atoms with Crippen molar-refractivity contribution in [3.05, 3.63) is 0 Å². The quantitative estimate of drug-likeness (QED) is 0.322. The lowest BCUT2D eigenvalue weighted by Gasteiger charge is -2.30. The molecule has 4 unspecified atom stereocenters. The van der Waals surface area contributed by atoms with Gasteiger partial charge in [-0.2, -0.15) is 0 Å². The highest BCUT2D eigenvalue weighted by atomic mass is 15.3. The monoisotopic (exact) mass is 278 g/mol. The largest absolute Gasteiger partial charge is 0.353 e. The highest BCUT2D eigenvalue weighted by Crippen LogP contribution is 2.49. The summed E-state index contributed by atoms with van der Waals surface area (Å²) in [5.41, 5.74) is 2.79. The number of hydrogen-bond donors (Lipinski definition) is 3. The van der Waals surface area contributed by atoms with Crippen molar-refractivity contribution in [2.45, 2.75) is 76.8 Å². The lowest BCUT2D eigenvalue weighted by Crippen LogP contribution is -2.49. The number of nitrogens with two attached hydrogens (primary N) is 1. The molecule has 0 spiro atoms. The van der Waals surface area contributed by atoms with Crippen molar-refractivity contribution in [3.8, 4) is 0 Å². The van der Waals surface area contributed by atoms with Crippen molar-refractivity contribution in [2.24, 2.45) is 28.6 Å². The van der Waals surface area contributed by atoms with Gasteiger partial charge in [-0.15, -0.1) is 0 Å². The predicted octanol–water partition coefficient (Wildman–Crippen LogP) is 2.55. The van der Waals surface area contributed by atoms with Gasteiger partial charge in [0, 0.05) is 6.04 Å². The van der Waals surface area contributed by atoms with E-state index in [1.807, 2.05) is 0 Å². The van der Waals surface area contributed by atoms with E-state index in [2.05, 4.69) is 17.7 Å². The molecule has 3 fully saturated rings. The fourth-order valence-electron chi connectivity index (χ4n) is 4.74. The molecule has 4 nitrogen and oxygen atoms in total. The molecule has 3 saturated carbocycles. The maximum Gasteiger partial charge on any atom is 0.206 e. The van der Waals surface area contributed by atoms with Crippen molar-refractivity contribution in [1.82, 2.24) is 10.7 Å². The van der Waals surface area contributed by atoms with Crippen LogP contribution < -0.4 is 16.6 Å². The molecule has 3 aliphatic carbocycles. The Bertz CT molecular complexity index is 348. The summed E-state index contributed by atoms with van der Waals surface area (Å²) in [6.07, 6.45) is 12.2. The maximum atomic E-state index is 5.67. The predicted molar refractivity (Wildman–Crippen MR) is 83.2 cm³/mol. The molecule has 0 amide bonds. The van der Waals surface area contributed by atoms with E-state index in [9.17, 15) is 0 Å². The first kappa shape index (κ1) is 14.2. The van der Waals surface area contributed by atoms with E-state index in [1.165, 1.54) is 57.8 Å². The van der Waals surface area contributed by atoms with E-state index in [1.54, 1.807) is 0 Å². The Kier molecular flexibility index (Phi) is 4.49. The number of nitrogens with one attached hydrogen (secondary N) is 2. The van der Waals surface area contributed by atoms with E-state index >= 15 is 0 Å². The SMILES string of the molecule is CC(NC(=NC1CCCCC1)NN)C1CC2CCC1C2. The zero-order valence-corrected chi connectivity index (χ0v) is 12.8. The topological polar surface area (TPSA) is 62.4 Å². The zero-order valence-electron chi connectivity index (χ0n) is 12.8. The summed E-state index contributed by atoms with van der Waals surface area (Å²) >= 11 is 0. The van der Waals surface area contributed by atoms with Crippen LogP contribution in [0.4, 0.5) is 0 Å². The van der Waals surface area contributed by atoms with Crippen molar-refractivity contribution >= 4 is 5.96 Å². The van der Waals surface area contributed by atoms with Crippen LogP contribution in [0.25, 0.3) is 0 Å². The third-order valence-corrected chi connectivity index (χ3v) is 5.82. The van der Waals surface area contributed by atoms with Crippen LogP contribution >= 0.6 is 0 Å². The Morgan fingerprint density at radius 1 is 1.10 bits per heavy atom. The minimum atomic E-state index is 0.467. The van der Waals surface area contributed by atoms with Crippen LogP contribution in [0.2, 0.25) is 0 Å². The fourth-order valence-corrected chi connectivity index (χ4v) is 4.74. The molecular weight excluding hydrogens is 248 g/mol. The number of hydrazine groups is 1. The van der Waals surface area contributed by atoms with Gasteiger partial charge in [0.1, 0.15) is 0 Å². The summed E-state index contributed by atoms with van der Waals surface area (Å²) < 4.78 is 0. The molecule has 0 aliphatic heterocycles. The summed E-state index contributed by atoms with van der Waals surface area (Å²) in [6.45, 7) is 2.30. The molecule has 2 bridgehead atoms. The van der Waals surface area contributed by atoms with Gasteiger partial charge in [0.2, 0.25) is 5.96 Å². The molecule has 0 aromatic rings. The van der Waals surface area contributed by atoms with Gasteiger partial charge in [-0.05, 0) is 56.8 Å². The van der Waals surface area contributed by atoms with E-state index in [0.29, 0.717) is 12.1 Å². The maximum absolute atomic E-state index is 5.67. The van der Waals surface area contributed by atoms with Gasteiger partial charge in [-0.1, -0.05) is 25.7 Å². The number of fused-ring (bicyclic) bond motifs is 2. The second-order valence-corrected chi connectivity index (χ2v) is 7.19. The van der Waals surface area contributed by atoms with Crippen molar-refractivity contribution in [3.63, 3.8) is 0 Å². The molecule has 114 valence electrons. The Balaban J connectivity index is 1.55. The van der Waals surface area contributed by atoms with Crippen LogP contribution in [-0.2, 0) is 0 Å². The molecule has 0 aromatic heterocycles. The summed E-state index contributed by atoms with van der Waals surface area (Å²) in [4.78, 5) is 4.80. The minimum absolute atomic E-state index is 0.467. The number of aliphatic imine (C=N–C) groups is 1. The molecule has 0 aromatic carbocycles. The number of hydrogen-bond acceptors (Lipinski definition) is 2. The zero-order chi connectivity index (χ0) is 13.9. The van der Waals surface area contributed by atoms with Crippen LogP contribution in [0.5, 0.6) is 0 Å². The van der Waals surface area contributed by atoms with Gasteiger partial charge in [0.25, 0.3) is 0 Å². The Morgan fingerprint density at radius 3 is 2.50 bits per heavy atom. The highest BCUT2D eigenvalue weighted by molar-refractivity contribution is 5.79. The Labute approximate surface area is 123 Å². The Hall–Kier alpha value is -0.770. The first-order valence-electron chi connectivity index (χ1n) is 8.57. The van der Waals surface area contributed by atoms with Crippen LogP contribution in [0.3, 0.4) is 0 Å². The second kappa shape index (κ2) is 6.33. The summed E-state index contributed by atoms with van der Waals surface area (Å²) in [7, 11) is 0. The van der Waals surface area contributed by atoms with Crippen LogP contribution in [0, 0.1) is 17.8 Å². The summed E-state index contributed by atoms with van der Waals surface area (Å²) in [6, 6.07) is 0.957. The molecule has 3 aliphatic rings. The van der Waals surface area contributed by atoms with Gasteiger partial charge in [0.15, 0.2) is 0 Å². The fraction of sp³-hybridized carbons (Fsp3) is 0.938. The summed E-state index contributed by atoms with van der Waals surface area (Å²) in [5.74, 6) is 9.24. The molecule has 20 heavy (non-hydrogen) atoms. The third-order valence-electron chi connectivity index (χ3n) is 5.82. The molecule has 4 N–H and O–H groups in total.